The van der Waals surface area contributed by atoms with E-state index in [4.69, 9.17) is 9.47 Å². The van der Waals surface area contributed by atoms with Crippen LogP contribution in [0.15, 0.2) is 79.1 Å². The number of para-hydroxylation sites is 2. The van der Waals surface area contributed by atoms with Gasteiger partial charge in [-0.15, -0.1) is 0 Å². The summed E-state index contributed by atoms with van der Waals surface area (Å²) in [5.74, 6) is 2.39. The Kier molecular flexibility index (Phi) is 7.39. The predicted octanol–water partition coefficient (Wildman–Crippen LogP) is 7.11. The number of urea groups is 1. The zero-order valence-corrected chi connectivity index (χ0v) is 25.8. The summed E-state index contributed by atoms with van der Waals surface area (Å²) in [7, 11) is 0. The molecule has 4 unspecified atom stereocenters. The van der Waals surface area contributed by atoms with Gasteiger partial charge in [-0.25, -0.2) is 9.78 Å². The van der Waals surface area contributed by atoms with Gasteiger partial charge < -0.3 is 29.8 Å². The molecule has 45 heavy (non-hydrogen) atoms. The zero-order valence-electron chi connectivity index (χ0n) is 25.8. The van der Waals surface area contributed by atoms with E-state index in [0.717, 1.165) is 70.4 Å². The molecule has 2 heterocycles. The molecule has 4 aromatic rings. The predicted molar refractivity (Wildman–Crippen MR) is 172 cm³/mol. The van der Waals surface area contributed by atoms with Crippen LogP contribution < -0.4 is 10.6 Å². The van der Waals surface area contributed by atoms with Gasteiger partial charge in [-0.2, -0.15) is 0 Å². The molecule has 8 heteroatoms. The third kappa shape index (κ3) is 5.64. The largest absolute Gasteiger partial charge is 0.392 e. The molecule has 5 fully saturated rings. The summed E-state index contributed by atoms with van der Waals surface area (Å²) in [5.41, 5.74) is 5.57. The van der Waals surface area contributed by atoms with E-state index in [-0.39, 0.29) is 36.3 Å². The van der Waals surface area contributed by atoms with E-state index in [0.29, 0.717) is 6.54 Å². The number of imidazole rings is 1. The maximum absolute atomic E-state index is 13.2. The fourth-order valence-electron chi connectivity index (χ4n) is 9.07. The minimum absolute atomic E-state index is 0.00433. The van der Waals surface area contributed by atoms with Crippen LogP contribution in [-0.4, -0.2) is 32.3 Å². The first-order valence-electron chi connectivity index (χ1n) is 16.5. The number of carbonyl (C=O) groups is 1. The van der Waals surface area contributed by atoms with Crippen molar-refractivity contribution in [3.8, 4) is 0 Å². The normalized spacial score (nSPS) is 32.1. The number of rotatable bonds is 7. The Labute approximate surface area is 264 Å². The third-order valence-electron chi connectivity index (χ3n) is 10.9. The van der Waals surface area contributed by atoms with Gasteiger partial charge in [0.05, 0.1) is 42.7 Å². The SMILES string of the molecule is CC1C(Cn2cnc3ccccc32)OC(c2ccc(NC(=O)NC34CC5CC(CC(C5)C3)C4)cc2)OC1c1ccc(CO)cc1. The first kappa shape index (κ1) is 28.7. The van der Waals surface area contributed by atoms with Crippen molar-refractivity contribution in [2.75, 3.05) is 5.32 Å². The van der Waals surface area contributed by atoms with Crippen molar-refractivity contribution in [3.05, 3.63) is 95.8 Å². The van der Waals surface area contributed by atoms with E-state index >= 15 is 0 Å². The van der Waals surface area contributed by atoms with Gasteiger partial charge in [0.2, 0.25) is 0 Å². The van der Waals surface area contributed by atoms with Crippen molar-refractivity contribution in [2.45, 2.75) is 82.6 Å². The molecule has 4 atom stereocenters. The van der Waals surface area contributed by atoms with Gasteiger partial charge in [0.1, 0.15) is 0 Å². The number of nitrogens with one attached hydrogen (secondary N) is 2. The van der Waals surface area contributed by atoms with Gasteiger partial charge in [-0.1, -0.05) is 55.5 Å². The van der Waals surface area contributed by atoms with E-state index in [9.17, 15) is 9.90 Å². The van der Waals surface area contributed by atoms with Crippen LogP contribution in [0, 0.1) is 23.7 Å². The maximum Gasteiger partial charge on any atom is 0.319 e. The van der Waals surface area contributed by atoms with Crippen molar-refractivity contribution in [1.29, 1.82) is 0 Å². The van der Waals surface area contributed by atoms with Crippen LogP contribution in [0.4, 0.5) is 10.5 Å². The van der Waals surface area contributed by atoms with E-state index in [1.54, 1.807) is 0 Å². The molecule has 1 saturated heterocycles. The van der Waals surface area contributed by atoms with E-state index < -0.39 is 6.29 Å². The van der Waals surface area contributed by atoms with Gasteiger partial charge in [-0.3, -0.25) is 0 Å². The molecule has 1 aliphatic heterocycles. The molecular weight excluding hydrogens is 564 g/mol. The first-order chi connectivity index (χ1) is 21.9. The molecule has 0 radical (unpaired) electrons. The van der Waals surface area contributed by atoms with Gasteiger partial charge in [-0.05, 0) is 91.7 Å². The average Bonchev–Trinajstić information content (AvgIpc) is 3.44. The second-order valence-corrected chi connectivity index (χ2v) is 14.1. The fourth-order valence-corrected chi connectivity index (χ4v) is 9.07. The second-order valence-electron chi connectivity index (χ2n) is 14.1. The lowest BCUT2D eigenvalue weighted by Gasteiger charge is -2.56. The minimum atomic E-state index is -0.585. The Hall–Kier alpha value is -3.72. The van der Waals surface area contributed by atoms with E-state index in [2.05, 4.69) is 33.2 Å². The molecule has 3 N–H and O–H groups in total. The van der Waals surface area contributed by atoms with Gasteiger partial charge in [0.15, 0.2) is 6.29 Å². The van der Waals surface area contributed by atoms with Gasteiger partial charge in [0.25, 0.3) is 0 Å². The molecule has 234 valence electrons. The molecule has 9 rings (SSSR count). The van der Waals surface area contributed by atoms with Crippen molar-refractivity contribution in [3.63, 3.8) is 0 Å². The summed E-state index contributed by atoms with van der Waals surface area (Å²) >= 11 is 0. The highest BCUT2D eigenvalue weighted by atomic mass is 16.7. The van der Waals surface area contributed by atoms with E-state index in [1.165, 1.54) is 19.3 Å². The molecule has 4 saturated carbocycles. The highest BCUT2D eigenvalue weighted by molar-refractivity contribution is 5.89. The number of fused-ring (bicyclic) bond motifs is 1. The number of benzene rings is 3. The van der Waals surface area contributed by atoms with Crippen molar-refractivity contribution in [1.82, 2.24) is 14.9 Å². The molecular formula is C37H42N4O4. The minimum Gasteiger partial charge on any atom is -0.392 e. The third-order valence-corrected chi connectivity index (χ3v) is 10.9. The van der Waals surface area contributed by atoms with Gasteiger partial charge >= 0.3 is 6.03 Å². The number of hydrogen-bond acceptors (Lipinski definition) is 5. The molecule has 1 aromatic heterocycles. The topological polar surface area (TPSA) is 97.6 Å². The Morgan fingerprint density at radius 2 is 1.58 bits per heavy atom. The Morgan fingerprint density at radius 1 is 0.911 bits per heavy atom. The van der Waals surface area contributed by atoms with Crippen LogP contribution in [0.3, 0.4) is 0 Å². The van der Waals surface area contributed by atoms with Crippen LogP contribution in [0.25, 0.3) is 11.0 Å². The Morgan fingerprint density at radius 3 is 2.27 bits per heavy atom. The number of aliphatic hydroxyl groups excluding tert-OH is 1. The number of ether oxygens (including phenoxy) is 2. The standard InChI is InChI=1S/C37H42N4O4/c1-23-33(20-41-22-38-31-4-2-3-5-32(31)41)44-35(45-34(23)28-8-6-24(21-42)7-9-28)29-10-12-30(13-11-29)39-36(43)40-37-17-25-14-26(18-37)16-27(15-25)19-37/h2-13,22-23,25-27,33-35,42H,14-21H2,1H3,(H2,39,40,43). The molecule has 3 aromatic carbocycles. The molecule has 8 nitrogen and oxygen atoms in total. The maximum atomic E-state index is 13.2. The summed E-state index contributed by atoms with van der Waals surface area (Å²) in [6.07, 6.45) is 8.37. The highest BCUT2D eigenvalue weighted by Crippen LogP contribution is 2.55. The Balaban J connectivity index is 0.996. The number of anilines is 1. The number of carbonyl (C=O) groups excluding carboxylic acids is 1. The lowest BCUT2D eigenvalue weighted by atomic mass is 9.53. The number of aliphatic hydroxyl groups is 1. The quantitative estimate of drug-likeness (QED) is 0.208. The number of nitrogens with zero attached hydrogens (tertiary/aromatic N) is 2. The molecule has 5 aliphatic rings. The van der Waals surface area contributed by atoms with Crippen LogP contribution in [0.2, 0.25) is 0 Å². The van der Waals surface area contributed by atoms with E-state index in [1.807, 2.05) is 73.1 Å². The smallest absolute Gasteiger partial charge is 0.319 e. The summed E-state index contributed by atoms with van der Waals surface area (Å²) in [6, 6.07) is 23.8. The monoisotopic (exact) mass is 606 g/mol. The lowest BCUT2D eigenvalue weighted by molar-refractivity contribution is -0.276. The summed E-state index contributed by atoms with van der Waals surface area (Å²) in [5, 5.41) is 16.1. The first-order valence-corrected chi connectivity index (χ1v) is 16.5. The highest BCUT2D eigenvalue weighted by Gasteiger charge is 2.51. The number of amides is 2. The molecule has 4 bridgehead atoms. The van der Waals surface area contributed by atoms with Gasteiger partial charge in [0, 0.05) is 22.7 Å². The number of aromatic nitrogens is 2. The lowest BCUT2D eigenvalue weighted by Crippen LogP contribution is -2.60. The summed E-state index contributed by atoms with van der Waals surface area (Å²) in [4.78, 5) is 17.7. The fraction of sp³-hybridized carbons (Fsp3) is 0.459. The van der Waals surface area contributed by atoms with Crippen LogP contribution in [-0.2, 0) is 22.6 Å². The summed E-state index contributed by atoms with van der Waals surface area (Å²) in [6.45, 7) is 2.81. The van der Waals surface area contributed by atoms with Crippen LogP contribution >= 0.6 is 0 Å². The molecule has 0 spiro atoms. The average molecular weight is 607 g/mol. The second kappa shape index (κ2) is 11.6. The van der Waals surface area contributed by atoms with Crippen LogP contribution in [0.1, 0.15) is 74.5 Å². The van der Waals surface area contributed by atoms with Crippen molar-refractivity contribution < 1.29 is 19.4 Å². The Bertz CT molecular complexity index is 1630. The summed E-state index contributed by atoms with van der Waals surface area (Å²) < 4.78 is 15.5. The van der Waals surface area contributed by atoms with Crippen molar-refractivity contribution in [2.24, 2.45) is 23.7 Å². The van der Waals surface area contributed by atoms with Crippen LogP contribution in [0.5, 0.6) is 0 Å². The molecule has 4 aliphatic carbocycles. The molecule has 2 amide bonds. The van der Waals surface area contributed by atoms with Crippen molar-refractivity contribution >= 4 is 22.8 Å². The number of hydrogen-bond donors (Lipinski definition) is 3. The zero-order chi connectivity index (χ0) is 30.5.